The van der Waals surface area contributed by atoms with Crippen LogP contribution in [0.5, 0.6) is 0 Å². The third-order valence-electron chi connectivity index (χ3n) is 1.82. The van der Waals surface area contributed by atoms with Crippen molar-refractivity contribution in [3.05, 3.63) is 11.6 Å². The Kier molecular flexibility index (Phi) is 6.19. The summed E-state index contributed by atoms with van der Waals surface area (Å²) in [7, 11) is 0. The van der Waals surface area contributed by atoms with Crippen molar-refractivity contribution < 1.29 is 4.39 Å². The van der Waals surface area contributed by atoms with Gasteiger partial charge in [-0.1, -0.05) is 25.5 Å². The molecule has 0 amide bonds. The summed E-state index contributed by atoms with van der Waals surface area (Å²) in [4.78, 5) is 0. The largest absolute Gasteiger partial charge is 0.247 e. The van der Waals surface area contributed by atoms with Crippen molar-refractivity contribution in [3.63, 3.8) is 0 Å². The fraction of sp³-hybridized carbons (Fsp3) is 0.800. The van der Waals surface area contributed by atoms with Gasteiger partial charge >= 0.3 is 0 Å². The highest BCUT2D eigenvalue weighted by Crippen LogP contribution is 2.18. The van der Waals surface area contributed by atoms with E-state index in [2.05, 4.69) is 13.0 Å². The van der Waals surface area contributed by atoms with E-state index in [1.807, 2.05) is 13.8 Å². The molecule has 1 heteroatoms. The van der Waals surface area contributed by atoms with Crippen LogP contribution in [0, 0.1) is 0 Å². The molecular formula is C10H19F. The van der Waals surface area contributed by atoms with Gasteiger partial charge in [0.05, 0.1) is 0 Å². The molecule has 0 heterocycles. The lowest BCUT2D eigenvalue weighted by Gasteiger charge is -2.00. The normalized spacial score (nSPS) is 24.4. The summed E-state index contributed by atoms with van der Waals surface area (Å²) in [5, 5.41) is 0. The molecular weight excluding hydrogens is 139 g/mol. The average Bonchev–Trinajstić information content (AvgIpc) is 2.20. The molecule has 0 radical (unpaired) electrons. The van der Waals surface area contributed by atoms with E-state index in [9.17, 15) is 4.39 Å². The molecule has 1 unspecified atom stereocenters. The first-order chi connectivity index (χ1) is 5.29. The first-order valence-electron chi connectivity index (χ1n) is 4.59. The maximum Gasteiger partial charge on any atom is 0.101 e. The second-order valence-corrected chi connectivity index (χ2v) is 2.76. The third kappa shape index (κ3) is 5.00. The Labute approximate surface area is 69.5 Å². The van der Waals surface area contributed by atoms with Gasteiger partial charge in [-0.2, -0.15) is 0 Å². The van der Waals surface area contributed by atoms with Crippen molar-refractivity contribution in [2.75, 3.05) is 0 Å². The van der Waals surface area contributed by atoms with Gasteiger partial charge in [-0.15, -0.1) is 0 Å². The molecule has 11 heavy (non-hydrogen) atoms. The monoisotopic (exact) mass is 158 g/mol. The van der Waals surface area contributed by atoms with Gasteiger partial charge in [-0.25, -0.2) is 4.39 Å². The number of halogens is 1. The number of hydrogen-bond acceptors (Lipinski definition) is 0. The zero-order valence-corrected chi connectivity index (χ0v) is 7.86. The third-order valence-corrected chi connectivity index (χ3v) is 1.82. The van der Waals surface area contributed by atoms with Crippen LogP contribution in [0.3, 0.4) is 0 Å². The van der Waals surface area contributed by atoms with E-state index in [1.165, 1.54) is 5.57 Å². The van der Waals surface area contributed by atoms with E-state index in [-0.39, 0.29) is 0 Å². The van der Waals surface area contributed by atoms with Crippen molar-refractivity contribution >= 4 is 0 Å². The molecule has 0 nitrogen and oxygen atoms in total. The molecule has 0 fully saturated rings. The number of alkyl halides is 1. The molecule has 0 saturated heterocycles. The fourth-order valence-corrected chi connectivity index (χ4v) is 1.14. The maximum atomic E-state index is 12.6. The second kappa shape index (κ2) is 6.38. The summed E-state index contributed by atoms with van der Waals surface area (Å²) in [6.07, 6.45) is 4.98. The van der Waals surface area contributed by atoms with Crippen LogP contribution in [0.25, 0.3) is 0 Å². The summed E-state index contributed by atoms with van der Waals surface area (Å²) in [5.74, 6) is 0. The first kappa shape index (κ1) is 10.7. The summed E-state index contributed by atoms with van der Waals surface area (Å²) >= 11 is 0. The highest BCUT2D eigenvalue weighted by Gasteiger charge is 2.08. The smallest absolute Gasteiger partial charge is 0.101 e. The van der Waals surface area contributed by atoms with Crippen LogP contribution in [0.2, 0.25) is 0 Å². The van der Waals surface area contributed by atoms with E-state index in [4.69, 9.17) is 0 Å². The first-order valence-corrected chi connectivity index (χ1v) is 4.59. The van der Waals surface area contributed by atoms with Crippen LogP contribution in [0.4, 0.5) is 4.39 Å². The van der Waals surface area contributed by atoms with E-state index in [0.717, 1.165) is 25.7 Å². The number of hydrogen-bond donors (Lipinski definition) is 0. The minimum atomic E-state index is -0.543. The van der Waals surface area contributed by atoms with Gasteiger partial charge in [0.2, 0.25) is 0 Å². The second-order valence-electron chi connectivity index (χ2n) is 2.76. The summed E-state index contributed by atoms with van der Waals surface area (Å²) < 4.78 is 12.6. The molecule has 0 saturated carbocycles. The molecule has 0 aromatic heterocycles. The highest BCUT2D eigenvalue weighted by atomic mass is 19.1. The molecule has 1 atom stereocenters. The Hall–Kier alpha value is -0.330. The van der Waals surface area contributed by atoms with Gasteiger partial charge in [0, 0.05) is 0 Å². The molecule has 1 aliphatic carbocycles. The van der Waals surface area contributed by atoms with Gasteiger partial charge in [0.1, 0.15) is 6.17 Å². The SMILES string of the molecule is CC.CC1=CCCC(F)CC1. The van der Waals surface area contributed by atoms with Crippen LogP contribution in [0.1, 0.15) is 46.5 Å². The summed E-state index contributed by atoms with van der Waals surface area (Å²) in [6.45, 7) is 6.08. The van der Waals surface area contributed by atoms with E-state index in [1.54, 1.807) is 0 Å². The van der Waals surface area contributed by atoms with Crippen LogP contribution in [-0.4, -0.2) is 6.17 Å². The number of allylic oxidation sites excluding steroid dienone is 2. The van der Waals surface area contributed by atoms with Gasteiger partial charge < -0.3 is 0 Å². The van der Waals surface area contributed by atoms with Crippen LogP contribution in [0.15, 0.2) is 11.6 Å². The Bertz CT molecular complexity index is 116. The fourth-order valence-electron chi connectivity index (χ4n) is 1.14. The Morgan fingerprint density at radius 3 is 2.64 bits per heavy atom. The highest BCUT2D eigenvalue weighted by molar-refractivity contribution is 5.00. The minimum Gasteiger partial charge on any atom is -0.247 e. The van der Waals surface area contributed by atoms with Crippen LogP contribution >= 0.6 is 0 Å². The molecule has 0 aromatic rings. The lowest BCUT2D eigenvalue weighted by Crippen LogP contribution is -1.95. The molecule has 0 N–H and O–H groups in total. The van der Waals surface area contributed by atoms with Crippen molar-refractivity contribution in [3.8, 4) is 0 Å². The van der Waals surface area contributed by atoms with Gasteiger partial charge in [-0.3, -0.25) is 0 Å². The molecule has 1 rings (SSSR count). The molecule has 0 aromatic carbocycles. The summed E-state index contributed by atoms with van der Waals surface area (Å²) in [6, 6.07) is 0. The molecule has 0 aliphatic heterocycles. The lowest BCUT2D eigenvalue weighted by atomic mass is 10.1. The van der Waals surface area contributed by atoms with Crippen molar-refractivity contribution in [1.82, 2.24) is 0 Å². The Morgan fingerprint density at radius 2 is 2.00 bits per heavy atom. The average molecular weight is 158 g/mol. The Balaban J connectivity index is 0.000000461. The predicted molar refractivity (Wildman–Crippen MR) is 48.5 cm³/mol. The maximum absolute atomic E-state index is 12.6. The predicted octanol–water partition coefficient (Wildman–Crippen LogP) is 3.87. The molecule has 1 aliphatic rings. The van der Waals surface area contributed by atoms with Gasteiger partial charge in [0.25, 0.3) is 0 Å². The van der Waals surface area contributed by atoms with E-state index >= 15 is 0 Å². The van der Waals surface area contributed by atoms with Crippen LogP contribution in [-0.2, 0) is 0 Å². The topological polar surface area (TPSA) is 0 Å². The van der Waals surface area contributed by atoms with Crippen LogP contribution < -0.4 is 0 Å². The standard InChI is InChI=1S/C8H13F.C2H6/c1-7-3-2-4-8(9)6-5-7;1-2/h3,8H,2,4-6H2,1H3;1-2H3. The summed E-state index contributed by atoms with van der Waals surface area (Å²) in [5.41, 5.74) is 1.36. The Morgan fingerprint density at radius 1 is 1.36 bits per heavy atom. The van der Waals surface area contributed by atoms with E-state index < -0.39 is 6.17 Å². The zero-order valence-electron chi connectivity index (χ0n) is 7.86. The van der Waals surface area contributed by atoms with Crippen molar-refractivity contribution in [1.29, 1.82) is 0 Å². The molecule has 0 bridgehead atoms. The molecule has 66 valence electrons. The zero-order chi connectivity index (χ0) is 8.69. The minimum absolute atomic E-state index is 0.543. The quantitative estimate of drug-likeness (QED) is 0.469. The lowest BCUT2D eigenvalue weighted by molar-refractivity contribution is 0.303. The van der Waals surface area contributed by atoms with Crippen molar-refractivity contribution in [2.45, 2.75) is 52.6 Å². The number of rotatable bonds is 0. The van der Waals surface area contributed by atoms with Gasteiger partial charge in [-0.05, 0) is 32.6 Å². The van der Waals surface area contributed by atoms with Gasteiger partial charge in [0.15, 0.2) is 0 Å². The van der Waals surface area contributed by atoms with E-state index in [0.29, 0.717) is 0 Å². The molecule has 0 spiro atoms. The van der Waals surface area contributed by atoms with Crippen molar-refractivity contribution in [2.24, 2.45) is 0 Å².